The molecule has 3 aromatic carbocycles. The minimum absolute atomic E-state index is 0.0348. The lowest BCUT2D eigenvalue weighted by Gasteiger charge is -2.45. The highest BCUT2D eigenvalue weighted by atomic mass is 35.5. The second kappa shape index (κ2) is 15.8. The summed E-state index contributed by atoms with van der Waals surface area (Å²) in [6.45, 7) is 10.1. The van der Waals surface area contributed by atoms with Crippen LogP contribution in [-0.4, -0.2) is 114 Å². The van der Waals surface area contributed by atoms with Gasteiger partial charge in [0.2, 0.25) is 11.8 Å². The van der Waals surface area contributed by atoms with Gasteiger partial charge in [-0.15, -0.1) is 0 Å². The lowest BCUT2D eigenvalue weighted by Crippen LogP contribution is -2.55. The molecule has 13 nitrogen and oxygen atoms in total. The van der Waals surface area contributed by atoms with E-state index >= 15 is 0 Å². The third kappa shape index (κ3) is 7.56. The summed E-state index contributed by atoms with van der Waals surface area (Å²) in [6.07, 6.45) is 2.61. The average molecular weight is 792 g/mol. The molecule has 5 aliphatic rings. The second-order valence-electron chi connectivity index (χ2n) is 16.0. The van der Waals surface area contributed by atoms with Gasteiger partial charge in [-0.1, -0.05) is 17.7 Å². The van der Waals surface area contributed by atoms with Gasteiger partial charge in [-0.25, -0.2) is 0 Å². The van der Waals surface area contributed by atoms with Crippen molar-refractivity contribution in [3.63, 3.8) is 0 Å². The van der Waals surface area contributed by atoms with E-state index in [1.54, 1.807) is 30.3 Å². The SMILES string of the molecule is CC(CC1CCC(C)N1C(=O)c1ccc(N2CCN(CC3CN(c4cccc5c4C(=O)N(C4CCC(=O)NC4=O)C5=O)C3)CC2)cc1)Oc1ccc(C#N)c(Cl)c1. The van der Waals surface area contributed by atoms with Crippen LogP contribution < -0.4 is 19.9 Å². The van der Waals surface area contributed by atoms with E-state index in [1.165, 1.54) is 0 Å². The highest BCUT2D eigenvalue weighted by Crippen LogP contribution is 2.37. The van der Waals surface area contributed by atoms with Crippen molar-refractivity contribution < 1.29 is 28.7 Å². The number of fused-ring (bicyclic) bond motifs is 1. The van der Waals surface area contributed by atoms with Crippen LogP contribution in [0.5, 0.6) is 5.75 Å². The number of nitrogens with one attached hydrogen (secondary N) is 1. The Labute approximate surface area is 337 Å². The zero-order valence-corrected chi connectivity index (χ0v) is 32.9. The number of hydrogen-bond donors (Lipinski definition) is 1. The largest absolute Gasteiger partial charge is 0.491 e. The molecule has 0 radical (unpaired) electrons. The number of carbonyl (C=O) groups is 5. The number of carbonyl (C=O) groups excluding carboxylic acids is 5. The Morgan fingerprint density at radius 1 is 0.947 bits per heavy atom. The fraction of sp³-hybridized carbons (Fsp3) is 0.442. The predicted molar refractivity (Wildman–Crippen MR) is 213 cm³/mol. The highest BCUT2D eigenvalue weighted by molar-refractivity contribution is 6.31. The summed E-state index contributed by atoms with van der Waals surface area (Å²) in [5.74, 6) is -0.915. The van der Waals surface area contributed by atoms with E-state index in [0.717, 1.165) is 69.2 Å². The molecule has 296 valence electrons. The molecule has 1 N–H and O–H groups in total. The number of likely N-dealkylation sites (tertiary alicyclic amines) is 1. The molecule has 0 bridgehead atoms. The van der Waals surface area contributed by atoms with Crippen LogP contribution in [0.1, 0.15) is 82.6 Å². The van der Waals surface area contributed by atoms with Crippen molar-refractivity contribution in [1.82, 2.24) is 20.0 Å². The first-order valence-corrected chi connectivity index (χ1v) is 20.2. The van der Waals surface area contributed by atoms with Gasteiger partial charge in [0.25, 0.3) is 17.7 Å². The van der Waals surface area contributed by atoms with Crippen LogP contribution in [0.4, 0.5) is 11.4 Å². The molecular formula is C43H46ClN7O6. The topological polar surface area (TPSA) is 147 Å². The fourth-order valence-corrected chi connectivity index (χ4v) is 9.37. The van der Waals surface area contributed by atoms with Crippen molar-refractivity contribution >= 4 is 52.5 Å². The van der Waals surface area contributed by atoms with Crippen molar-refractivity contribution in [3.05, 3.63) is 87.9 Å². The van der Waals surface area contributed by atoms with Crippen LogP contribution in [0.15, 0.2) is 60.7 Å². The first-order valence-electron chi connectivity index (χ1n) is 19.8. The maximum absolute atomic E-state index is 13.8. The lowest BCUT2D eigenvalue weighted by molar-refractivity contribution is -0.136. The molecule has 4 unspecified atom stereocenters. The first-order chi connectivity index (χ1) is 27.5. The van der Waals surface area contributed by atoms with E-state index in [-0.39, 0.29) is 36.9 Å². The van der Waals surface area contributed by atoms with Crippen LogP contribution in [0.25, 0.3) is 0 Å². The smallest absolute Gasteiger partial charge is 0.264 e. The number of hydrogen-bond acceptors (Lipinski definition) is 10. The van der Waals surface area contributed by atoms with Crippen LogP contribution in [0.2, 0.25) is 5.02 Å². The monoisotopic (exact) mass is 791 g/mol. The summed E-state index contributed by atoms with van der Waals surface area (Å²) in [5, 5.41) is 11.8. The average Bonchev–Trinajstić information content (AvgIpc) is 3.67. The standard InChI is InChI=1S/C43H46ClN7O6/c1-26-6-10-32(20-27(2)57-33-13-9-30(22-45)35(44)21-33)50(26)41(54)29-7-11-31(12-8-29)48-18-16-47(17-19-48)23-28-24-49(25-28)36-5-3-4-34-39(36)43(56)51(42(34)55)37-14-15-38(52)46-40(37)53/h3-5,7-9,11-13,21,26-28,32,37H,6,10,14-20,23-25H2,1-2H3,(H,46,52,53). The normalized spacial score (nSPS) is 23.3. The molecule has 0 aromatic heterocycles. The molecule has 14 heteroatoms. The molecule has 0 spiro atoms. The number of piperazine rings is 1. The number of anilines is 2. The van der Waals surface area contributed by atoms with E-state index < -0.39 is 29.7 Å². The molecule has 5 aliphatic heterocycles. The Bertz CT molecular complexity index is 2140. The third-order valence-corrected chi connectivity index (χ3v) is 12.4. The summed E-state index contributed by atoms with van der Waals surface area (Å²) in [6, 6.07) is 19.6. The lowest BCUT2D eigenvalue weighted by atomic mass is 9.95. The second-order valence-corrected chi connectivity index (χ2v) is 16.4. The van der Waals surface area contributed by atoms with E-state index in [9.17, 15) is 24.0 Å². The molecule has 3 aromatic rings. The van der Waals surface area contributed by atoms with Gasteiger partial charge in [0.05, 0.1) is 33.5 Å². The summed E-state index contributed by atoms with van der Waals surface area (Å²) >= 11 is 6.20. The van der Waals surface area contributed by atoms with E-state index in [0.29, 0.717) is 51.1 Å². The van der Waals surface area contributed by atoms with Gasteiger partial charge in [-0.05, 0) is 81.6 Å². The summed E-state index contributed by atoms with van der Waals surface area (Å²) in [5.41, 5.74) is 3.54. The third-order valence-electron chi connectivity index (χ3n) is 12.1. The van der Waals surface area contributed by atoms with E-state index in [1.807, 2.05) is 30.0 Å². The Balaban J connectivity index is 0.812. The summed E-state index contributed by atoms with van der Waals surface area (Å²) in [7, 11) is 0. The van der Waals surface area contributed by atoms with Gasteiger partial charge in [0, 0.05) is 94.0 Å². The van der Waals surface area contributed by atoms with Crippen molar-refractivity contribution in [2.45, 2.75) is 70.2 Å². The molecule has 5 heterocycles. The summed E-state index contributed by atoms with van der Waals surface area (Å²) < 4.78 is 6.13. The number of benzene rings is 3. The van der Waals surface area contributed by atoms with E-state index in [2.05, 4.69) is 45.1 Å². The Kier molecular flexibility index (Phi) is 10.7. The van der Waals surface area contributed by atoms with Crippen molar-refractivity contribution in [1.29, 1.82) is 5.26 Å². The van der Waals surface area contributed by atoms with Gasteiger partial charge >= 0.3 is 0 Å². The quantitative estimate of drug-likeness (QED) is 0.286. The van der Waals surface area contributed by atoms with Crippen LogP contribution in [0.3, 0.4) is 0 Å². The molecule has 4 saturated heterocycles. The van der Waals surface area contributed by atoms with Gasteiger partial charge < -0.3 is 19.4 Å². The number of nitriles is 1. The Morgan fingerprint density at radius 2 is 1.70 bits per heavy atom. The molecular weight excluding hydrogens is 746 g/mol. The van der Waals surface area contributed by atoms with Gasteiger partial charge in [0.15, 0.2) is 0 Å². The molecule has 0 saturated carbocycles. The zero-order chi connectivity index (χ0) is 40.0. The molecule has 4 fully saturated rings. The van der Waals surface area contributed by atoms with Crippen LogP contribution >= 0.6 is 11.6 Å². The maximum Gasteiger partial charge on any atom is 0.264 e. The number of rotatable bonds is 10. The molecule has 4 atom stereocenters. The maximum atomic E-state index is 13.8. The number of piperidine rings is 1. The first kappa shape index (κ1) is 38.4. The molecule has 0 aliphatic carbocycles. The van der Waals surface area contributed by atoms with Crippen molar-refractivity contribution in [2.24, 2.45) is 5.92 Å². The van der Waals surface area contributed by atoms with Crippen LogP contribution in [-0.2, 0) is 9.59 Å². The minimum atomic E-state index is -0.984. The number of halogens is 1. The Hall–Kier alpha value is -5.45. The summed E-state index contributed by atoms with van der Waals surface area (Å²) in [4.78, 5) is 74.9. The molecule has 5 amide bonds. The predicted octanol–water partition coefficient (Wildman–Crippen LogP) is 4.72. The van der Waals surface area contributed by atoms with Crippen LogP contribution in [0, 0.1) is 17.2 Å². The van der Waals surface area contributed by atoms with Crippen molar-refractivity contribution in [2.75, 3.05) is 55.6 Å². The fourth-order valence-electron chi connectivity index (χ4n) is 9.15. The van der Waals surface area contributed by atoms with Gasteiger partial charge in [-0.2, -0.15) is 5.26 Å². The Morgan fingerprint density at radius 3 is 2.40 bits per heavy atom. The highest BCUT2D eigenvalue weighted by Gasteiger charge is 2.47. The van der Waals surface area contributed by atoms with Gasteiger partial charge in [0.1, 0.15) is 17.9 Å². The van der Waals surface area contributed by atoms with Gasteiger partial charge in [-0.3, -0.25) is 39.1 Å². The number of nitrogens with zero attached hydrogens (tertiary/aromatic N) is 6. The number of imide groups is 2. The molecule has 57 heavy (non-hydrogen) atoms. The number of amides is 5. The zero-order valence-electron chi connectivity index (χ0n) is 32.2. The minimum Gasteiger partial charge on any atom is -0.491 e. The van der Waals surface area contributed by atoms with Crippen molar-refractivity contribution in [3.8, 4) is 11.8 Å². The molecule has 8 rings (SSSR count). The van der Waals surface area contributed by atoms with E-state index in [4.69, 9.17) is 21.6 Å². The number of ether oxygens (including phenoxy) is 1.